The van der Waals surface area contributed by atoms with Crippen LogP contribution in [0.15, 0.2) is 48.5 Å². The van der Waals surface area contributed by atoms with Crippen LogP contribution < -0.4 is 0 Å². The van der Waals surface area contributed by atoms with Gasteiger partial charge in [-0.1, -0.05) is 48.5 Å². The van der Waals surface area contributed by atoms with Gasteiger partial charge in [-0.3, -0.25) is 9.59 Å². The average Bonchev–Trinajstić information content (AvgIpc) is 2.57. The molecule has 0 aliphatic heterocycles. The Hall–Kier alpha value is -3.01. The first-order chi connectivity index (χ1) is 11.5. The quantitative estimate of drug-likeness (QED) is 0.609. The number of carbonyl (C=O) groups is 2. The van der Waals surface area contributed by atoms with Crippen molar-refractivity contribution in [1.82, 2.24) is 0 Å². The van der Waals surface area contributed by atoms with Crippen LogP contribution in [-0.4, -0.2) is 22.6 Å². The molecule has 0 aromatic heterocycles. The number of nitrogens with one attached hydrogen (secondary N) is 1. The number of hydrogen-bond donors (Lipinski definition) is 2. The van der Waals surface area contributed by atoms with Crippen LogP contribution in [-0.2, 0) is 11.2 Å². The molecule has 0 unspecified atom stereocenters. The third-order valence-corrected chi connectivity index (χ3v) is 4.18. The molecule has 0 spiro atoms. The highest BCUT2D eigenvalue weighted by atomic mass is 16.4. The summed E-state index contributed by atoms with van der Waals surface area (Å²) in [4.78, 5) is 21.1. The molecular weight excluding hydrogens is 302 g/mol. The van der Waals surface area contributed by atoms with Crippen LogP contribution >= 0.6 is 0 Å². The van der Waals surface area contributed by atoms with Crippen LogP contribution in [0.5, 0.6) is 0 Å². The van der Waals surface area contributed by atoms with E-state index in [0.717, 1.165) is 24.3 Å². The standard InChI is InChI=1S/C18H13NO.C2H4O2/c19-17-10-9-15-14-6-5-11-3-1-2-4-12(11)13(14)7-8-16(15)18(17)20;1-2(3)4/h1-8,19H,9-10H2;1H3,(H,3,4). The smallest absolute Gasteiger partial charge is 0.300 e. The van der Waals surface area contributed by atoms with Gasteiger partial charge in [-0.25, -0.2) is 0 Å². The van der Waals surface area contributed by atoms with E-state index in [9.17, 15) is 4.79 Å². The first-order valence-electron chi connectivity index (χ1n) is 7.74. The van der Waals surface area contributed by atoms with Gasteiger partial charge in [0.05, 0.1) is 5.71 Å². The number of carboxylic acid groups (broad SMARTS) is 1. The summed E-state index contributed by atoms with van der Waals surface area (Å²) in [6, 6.07) is 16.4. The normalized spacial score (nSPS) is 13.4. The Balaban J connectivity index is 0.000000383. The molecule has 1 aliphatic rings. The van der Waals surface area contributed by atoms with Crippen molar-refractivity contribution in [2.45, 2.75) is 19.8 Å². The lowest BCUT2D eigenvalue weighted by Crippen LogP contribution is -2.21. The molecular formula is C20H17NO3. The van der Waals surface area contributed by atoms with Gasteiger partial charge < -0.3 is 10.5 Å². The maximum absolute atomic E-state index is 12.1. The molecule has 0 saturated carbocycles. The molecule has 0 bridgehead atoms. The van der Waals surface area contributed by atoms with Gasteiger partial charge in [-0.15, -0.1) is 0 Å². The molecule has 4 heteroatoms. The number of aliphatic carboxylic acids is 1. The van der Waals surface area contributed by atoms with E-state index in [4.69, 9.17) is 15.3 Å². The van der Waals surface area contributed by atoms with E-state index in [-0.39, 0.29) is 11.5 Å². The van der Waals surface area contributed by atoms with Gasteiger partial charge in [-0.05, 0) is 39.9 Å². The van der Waals surface area contributed by atoms with Crippen molar-refractivity contribution >= 4 is 39.0 Å². The van der Waals surface area contributed by atoms with Crippen LogP contribution in [0.1, 0.15) is 29.3 Å². The van der Waals surface area contributed by atoms with Crippen molar-refractivity contribution < 1.29 is 14.7 Å². The zero-order valence-corrected chi connectivity index (χ0v) is 13.3. The van der Waals surface area contributed by atoms with Gasteiger partial charge in [0.15, 0.2) is 0 Å². The predicted octanol–water partition coefficient (Wildman–Crippen LogP) is 4.23. The van der Waals surface area contributed by atoms with E-state index in [1.54, 1.807) is 0 Å². The highest BCUT2D eigenvalue weighted by Crippen LogP contribution is 2.32. The largest absolute Gasteiger partial charge is 0.481 e. The van der Waals surface area contributed by atoms with Crippen LogP contribution in [0.4, 0.5) is 0 Å². The summed E-state index contributed by atoms with van der Waals surface area (Å²) in [6.07, 6.45) is 1.34. The lowest BCUT2D eigenvalue weighted by molar-refractivity contribution is -0.134. The zero-order valence-electron chi connectivity index (χ0n) is 13.3. The molecule has 0 amide bonds. The zero-order chi connectivity index (χ0) is 17.3. The first kappa shape index (κ1) is 15.9. The van der Waals surface area contributed by atoms with Gasteiger partial charge in [0.25, 0.3) is 5.97 Å². The Labute approximate surface area is 139 Å². The third-order valence-electron chi connectivity index (χ3n) is 4.18. The first-order valence-corrected chi connectivity index (χ1v) is 7.74. The van der Waals surface area contributed by atoms with Gasteiger partial charge >= 0.3 is 0 Å². The molecule has 0 saturated heterocycles. The van der Waals surface area contributed by atoms with Crippen molar-refractivity contribution in [3.8, 4) is 0 Å². The molecule has 4 rings (SSSR count). The minimum Gasteiger partial charge on any atom is -0.481 e. The van der Waals surface area contributed by atoms with E-state index < -0.39 is 5.97 Å². The highest BCUT2D eigenvalue weighted by Gasteiger charge is 2.23. The number of ketones is 1. The predicted molar refractivity (Wildman–Crippen MR) is 95.1 cm³/mol. The lowest BCUT2D eigenvalue weighted by Gasteiger charge is -2.18. The second kappa shape index (κ2) is 6.24. The maximum Gasteiger partial charge on any atom is 0.300 e. The van der Waals surface area contributed by atoms with E-state index in [1.165, 1.54) is 16.2 Å². The monoisotopic (exact) mass is 319 g/mol. The van der Waals surface area contributed by atoms with E-state index >= 15 is 0 Å². The molecule has 3 aromatic rings. The number of rotatable bonds is 0. The van der Waals surface area contributed by atoms with Crippen LogP contribution in [0, 0.1) is 5.41 Å². The number of fused-ring (bicyclic) bond motifs is 5. The summed E-state index contributed by atoms with van der Waals surface area (Å²) in [5, 5.41) is 19.9. The SMILES string of the molecule is CC(=O)O.N=C1CCc2c(ccc3c2ccc2ccccc23)C1=O. The highest BCUT2D eigenvalue weighted by molar-refractivity contribution is 6.46. The third kappa shape index (κ3) is 2.78. The van der Waals surface area contributed by atoms with Crippen molar-refractivity contribution in [1.29, 1.82) is 5.41 Å². The van der Waals surface area contributed by atoms with Crippen LogP contribution in [0.25, 0.3) is 21.5 Å². The van der Waals surface area contributed by atoms with E-state index in [2.05, 4.69) is 24.3 Å². The van der Waals surface area contributed by atoms with Gasteiger partial charge in [-0.2, -0.15) is 0 Å². The molecule has 1 aliphatic carbocycles. The summed E-state index contributed by atoms with van der Waals surface area (Å²) in [5.41, 5.74) is 2.05. The molecule has 0 radical (unpaired) electrons. The lowest BCUT2D eigenvalue weighted by atomic mass is 9.85. The number of hydrogen-bond acceptors (Lipinski definition) is 3. The van der Waals surface area contributed by atoms with Crippen molar-refractivity contribution in [3.63, 3.8) is 0 Å². The Morgan fingerprint density at radius 2 is 1.62 bits per heavy atom. The summed E-state index contributed by atoms with van der Waals surface area (Å²) in [6.45, 7) is 1.08. The van der Waals surface area contributed by atoms with Crippen molar-refractivity contribution in [2.75, 3.05) is 0 Å². The molecule has 120 valence electrons. The Kier molecular flexibility index (Phi) is 4.13. The Bertz CT molecular complexity index is 985. The summed E-state index contributed by atoms with van der Waals surface area (Å²) in [7, 11) is 0. The van der Waals surface area contributed by atoms with Crippen molar-refractivity contribution in [2.24, 2.45) is 0 Å². The number of carboxylic acids is 1. The molecule has 4 nitrogen and oxygen atoms in total. The summed E-state index contributed by atoms with van der Waals surface area (Å²) < 4.78 is 0. The molecule has 3 aromatic carbocycles. The number of Topliss-reactive ketones (excluding diaryl/α,β-unsaturated/α-hetero) is 1. The molecule has 0 heterocycles. The molecule has 2 N–H and O–H groups in total. The number of benzene rings is 3. The number of carbonyl (C=O) groups excluding carboxylic acids is 1. The average molecular weight is 319 g/mol. The van der Waals surface area contributed by atoms with E-state index in [0.29, 0.717) is 12.0 Å². The van der Waals surface area contributed by atoms with E-state index in [1.807, 2.05) is 24.3 Å². The second-order valence-electron chi connectivity index (χ2n) is 5.80. The molecule has 0 fully saturated rings. The fourth-order valence-corrected chi connectivity index (χ4v) is 3.16. The fourth-order valence-electron chi connectivity index (χ4n) is 3.16. The second-order valence-corrected chi connectivity index (χ2v) is 5.80. The number of aryl methyl sites for hydroxylation is 1. The summed E-state index contributed by atoms with van der Waals surface area (Å²) >= 11 is 0. The van der Waals surface area contributed by atoms with Crippen molar-refractivity contribution in [3.05, 3.63) is 59.7 Å². The summed E-state index contributed by atoms with van der Waals surface area (Å²) in [5.74, 6) is -0.943. The topological polar surface area (TPSA) is 78.2 Å². The van der Waals surface area contributed by atoms with Gasteiger partial charge in [0.1, 0.15) is 0 Å². The maximum atomic E-state index is 12.1. The minimum absolute atomic E-state index is 0.110. The fraction of sp³-hybridized carbons (Fsp3) is 0.150. The Morgan fingerprint density at radius 1 is 0.958 bits per heavy atom. The van der Waals surface area contributed by atoms with Gasteiger partial charge in [0, 0.05) is 12.5 Å². The Morgan fingerprint density at radius 3 is 2.38 bits per heavy atom. The van der Waals surface area contributed by atoms with Crippen LogP contribution in [0.3, 0.4) is 0 Å². The van der Waals surface area contributed by atoms with Gasteiger partial charge in [0.2, 0.25) is 5.78 Å². The molecule has 24 heavy (non-hydrogen) atoms. The molecule has 0 atom stereocenters. The van der Waals surface area contributed by atoms with Crippen LogP contribution in [0.2, 0.25) is 0 Å². The minimum atomic E-state index is -0.833.